The second kappa shape index (κ2) is 7.83. The fourth-order valence-corrected chi connectivity index (χ4v) is 6.81. The van der Waals surface area contributed by atoms with Crippen molar-refractivity contribution in [1.29, 1.82) is 0 Å². The number of pyridine rings is 1. The lowest BCUT2D eigenvalue weighted by Gasteiger charge is -2.57. The Morgan fingerprint density at radius 2 is 2.00 bits per heavy atom. The van der Waals surface area contributed by atoms with Crippen LogP contribution in [0.5, 0.6) is 0 Å². The lowest BCUT2D eigenvalue weighted by Crippen LogP contribution is -2.54. The topological polar surface area (TPSA) is 39.2 Å². The number of hydrogen-bond donors (Lipinski definition) is 0. The maximum atomic E-state index is 13.6. The maximum absolute atomic E-state index is 13.6. The number of cyclic esters (lactones) is 1. The molecular formula is C28H32FNO2. The molecule has 4 heteroatoms. The number of esters is 1. The van der Waals surface area contributed by atoms with Gasteiger partial charge in [0.25, 0.3) is 0 Å². The van der Waals surface area contributed by atoms with E-state index in [9.17, 15) is 9.18 Å². The summed E-state index contributed by atoms with van der Waals surface area (Å²) >= 11 is 0. The first-order chi connectivity index (χ1) is 15.3. The highest BCUT2D eigenvalue weighted by Gasteiger charge is 2.64. The molecule has 1 unspecified atom stereocenters. The summed E-state index contributed by atoms with van der Waals surface area (Å²) < 4.78 is 19.4. The van der Waals surface area contributed by atoms with E-state index in [-0.39, 0.29) is 40.6 Å². The molecule has 5 rings (SSSR count). The van der Waals surface area contributed by atoms with Crippen LogP contribution in [0.3, 0.4) is 0 Å². The van der Waals surface area contributed by atoms with E-state index in [4.69, 9.17) is 4.74 Å². The largest absolute Gasteiger partial charge is 0.462 e. The highest BCUT2D eigenvalue weighted by Crippen LogP contribution is 2.64. The highest BCUT2D eigenvalue weighted by atomic mass is 19.1. The fraction of sp³-hybridized carbons (Fsp3) is 0.500. The standard InChI is InChI=1S/C28H32FNO2/c1-18-28(3)24(23-9-4-5-14-27(23,2)16-25(28)26(31)32-18)13-12-22-11-10-20(17-30-22)19-7-6-8-21(29)15-19/h6-8,10-13,15,17-18,23-25H,4-5,9,14,16H2,1-3H3/b13-12+/t18-,23?,24+,25+,27+,28+/m1/s1. The van der Waals surface area contributed by atoms with E-state index >= 15 is 0 Å². The zero-order valence-corrected chi connectivity index (χ0v) is 19.2. The van der Waals surface area contributed by atoms with Gasteiger partial charge in [-0.25, -0.2) is 4.39 Å². The molecule has 168 valence electrons. The van der Waals surface area contributed by atoms with E-state index in [1.807, 2.05) is 18.2 Å². The molecule has 3 aliphatic rings. The van der Waals surface area contributed by atoms with Crippen molar-refractivity contribution < 1.29 is 13.9 Å². The van der Waals surface area contributed by atoms with Crippen molar-refractivity contribution in [2.24, 2.45) is 28.6 Å². The van der Waals surface area contributed by atoms with Crippen molar-refractivity contribution in [1.82, 2.24) is 4.98 Å². The van der Waals surface area contributed by atoms with Crippen molar-refractivity contribution in [3.05, 3.63) is 60.2 Å². The number of halogens is 1. The smallest absolute Gasteiger partial charge is 0.309 e. The summed E-state index contributed by atoms with van der Waals surface area (Å²) in [6.45, 7) is 6.71. The average molecular weight is 434 g/mol. The Kier molecular flexibility index (Phi) is 5.22. The van der Waals surface area contributed by atoms with Gasteiger partial charge in [-0.1, -0.05) is 51.0 Å². The first-order valence-corrected chi connectivity index (χ1v) is 11.9. The molecule has 1 saturated heterocycles. The van der Waals surface area contributed by atoms with Crippen molar-refractivity contribution >= 4 is 12.0 Å². The number of fused-ring (bicyclic) bond motifs is 2. The van der Waals surface area contributed by atoms with E-state index < -0.39 is 0 Å². The predicted octanol–water partition coefficient (Wildman–Crippen LogP) is 6.69. The molecule has 0 N–H and O–H groups in total. The van der Waals surface area contributed by atoms with Gasteiger partial charge in [0, 0.05) is 17.2 Å². The van der Waals surface area contributed by atoms with Gasteiger partial charge in [0.05, 0.1) is 11.6 Å². The Labute approximate surface area is 190 Å². The van der Waals surface area contributed by atoms with Gasteiger partial charge in [0.1, 0.15) is 11.9 Å². The van der Waals surface area contributed by atoms with Gasteiger partial charge >= 0.3 is 5.97 Å². The molecule has 0 spiro atoms. The molecule has 1 aromatic carbocycles. The molecular weight excluding hydrogens is 401 g/mol. The van der Waals surface area contributed by atoms with Crippen LogP contribution in [0.1, 0.15) is 58.6 Å². The van der Waals surface area contributed by atoms with Crippen LogP contribution < -0.4 is 0 Å². The third-order valence-corrected chi connectivity index (χ3v) is 8.85. The molecule has 1 aliphatic heterocycles. The minimum atomic E-state index is -0.246. The van der Waals surface area contributed by atoms with Gasteiger partial charge in [0.15, 0.2) is 0 Å². The van der Waals surface area contributed by atoms with Crippen LogP contribution >= 0.6 is 0 Å². The summed E-state index contributed by atoms with van der Waals surface area (Å²) in [7, 11) is 0. The molecule has 2 saturated carbocycles. The van der Waals surface area contributed by atoms with Crippen LogP contribution in [-0.4, -0.2) is 17.1 Å². The molecule has 32 heavy (non-hydrogen) atoms. The summed E-state index contributed by atoms with van der Waals surface area (Å²) in [5.74, 6) is 0.538. The number of nitrogens with zero attached hydrogens (tertiary/aromatic N) is 1. The SMILES string of the molecule is C[C@H]1OC(=O)[C@@H]2C[C@]3(C)CCCCC3[C@H](/C=C/c3ccc(-c4cccc(F)c4)cn3)[C@]12C. The van der Waals surface area contributed by atoms with Gasteiger partial charge in [-0.05, 0) is 73.3 Å². The number of benzene rings is 1. The number of hydrogen-bond acceptors (Lipinski definition) is 3. The van der Waals surface area contributed by atoms with Crippen LogP contribution in [-0.2, 0) is 9.53 Å². The normalized spacial score (nSPS) is 36.6. The van der Waals surface area contributed by atoms with Gasteiger partial charge in [0.2, 0.25) is 0 Å². The zero-order valence-electron chi connectivity index (χ0n) is 19.2. The number of allylic oxidation sites excluding steroid dienone is 1. The first kappa shape index (κ1) is 21.4. The monoisotopic (exact) mass is 433 g/mol. The summed E-state index contributed by atoms with van der Waals surface area (Å²) in [5.41, 5.74) is 2.61. The molecule has 0 amide bonds. The van der Waals surface area contributed by atoms with E-state index in [0.717, 1.165) is 23.2 Å². The minimum absolute atomic E-state index is 0.0128. The Hall–Kier alpha value is -2.49. The second-order valence-electron chi connectivity index (χ2n) is 10.6. The van der Waals surface area contributed by atoms with E-state index in [1.165, 1.54) is 37.8 Å². The quantitative estimate of drug-likeness (QED) is 0.507. The molecule has 0 bridgehead atoms. The Balaban J connectivity index is 1.46. The molecule has 1 aromatic heterocycles. The number of carbonyl (C=O) groups is 1. The summed E-state index contributed by atoms with van der Waals surface area (Å²) in [5, 5.41) is 0. The fourth-order valence-electron chi connectivity index (χ4n) is 6.81. The van der Waals surface area contributed by atoms with Gasteiger partial charge in [-0.2, -0.15) is 0 Å². The Morgan fingerprint density at radius 3 is 2.75 bits per heavy atom. The number of ether oxygens (including phenoxy) is 1. The highest BCUT2D eigenvalue weighted by molar-refractivity contribution is 5.77. The number of carbonyl (C=O) groups excluding carboxylic acids is 1. The van der Waals surface area contributed by atoms with Crippen molar-refractivity contribution in [3.63, 3.8) is 0 Å². The van der Waals surface area contributed by atoms with Gasteiger partial charge in [-0.3, -0.25) is 9.78 Å². The molecule has 2 heterocycles. The summed E-state index contributed by atoms with van der Waals surface area (Å²) in [6.07, 6.45) is 12.0. The van der Waals surface area contributed by atoms with E-state index in [2.05, 4.69) is 37.9 Å². The van der Waals surface area contributed by atoms with Gasteiger partial charge < -0.3 is 4.74 Å². The molecule has 3 fully saturated rings. The lowest BCUT2D eigenvalue weighted by atomic mass is 9.46. The first-order valence-electron chi connectivity index (χ1n) is 11.9. The van der Waals surface area contributed by atoms with Gasteiger partial charge in [-0.15, -0.1) is 0 Å². The van der Waals surface area contributed by atoms with Crippen LogP contribution in [0, 0.1) is 34.4 Å². The third-order valence-electron chi connectivity index (χ3n) is 8.85. The lowest BCUT2D eigenvalue weighted by molar-refractivity contribution is -0.145. The number of rotatable bonds is 3. The van der Waals surface area contributed by atoms with Crippen molar-refractivity contribution in [2.75, 3.05) is 0 Å². The third kappa shape index (κ3) is 3.39. The molecule has 2 aliphatic carbocycles. The van der Waals surface area contributed by atoms with E-state index in [0.29, 0.717) is 5.92 Å². The van der Waals surface area contributed by atoms with Crippen molar-refractivity contribution in [2.45, 2.75) is 59.0 Å². The summed E-state index contributed by atoms with van der Waals surface area (Å²) in [6, 6.07) is 10.6. The molecule has 2 aromatic rings. The van der Waals surface area contributed by atoms with Crippen LogP contribution in [0.25, 0.3) is 17.2 Å². The second-order valence-corrected chi connectivity index (χ2v) is 10.6. The molecule has 3 nitrogen and oxygen atoms in total. The number of aromatic nitrogens is 1. The molecule has 0 radical (unpaired) electrons. The minimum Gasteiger partial charge on any atom is -0.462 e. The predicted molar refractivity (Wildman–Crippen MR) is 124 cm³/mol. The van der Waals surface area contributed by atoms with Crippen molar-refractivity contribution in [3.8, 4) is 11.1 Å². The maximum Gasteiger partial charge on any atom is 0.309 e. The zero-order chi connectivity index (χ0) is 22.5. The van der Waals surface area contributed by atoms with Crippen LogP contribution in [0.2, 0.25) is 0 Å². The Bertz CT molecular complexity index is 1050. The van der Waals surface area contributed by atoms with Crippen LogP contribution in [0.15, 0.2) is 48.7 Å². The van der Waals surface area contributed by atoms with Crippen LogP contribution in [0.4, 0.5) is 4.39 Å². The molecule has 6 atom stereocenters. The summed E-state index contributed by atoms with van der Waals surface area (Å²) in [4.78, 5) is 17.4. The van der Waals surface area contributed by atoms with E-state index in [1.54, 1.807) is 12.3 Å². The average Bonchev–Trinajstić information content (AvgIpc) is 2.99. The Morgan fingerprint density at radius 1 is 1.16 bits per heavy atom.